The van der Waals surface area contributed by atoms with E-state index in [1.165, 1.54) is 5.56 Å². The Morgan fingerprint density at radius 2 is 1.91 bits per heavy atom. The van der Waals surface area contributed by atoms with Crippen LogP contribution in [-0.2, 0) is 16.1 Å². The van der Waals surface area contributed by atoms with Gasteiger partial charge in [-0.15, -0.1) is 11.8 Å². The Balaban J connectivity index is 1.42. The quantitative estimate of drug-likeness (QED) is 0.663. The number of carbonyl (C=O) groups is 2. The molecule has 3 fully saturated rings. The third-order valence-corrected chi connectivity index (χ3v) is 8.13. The normalized spacial score (nSPS) is 26.7. The number of amides is 2. The van der Waals surface area contributed by atoms with Crippen LogP contribution in [0.3, 0.4) is 0 Å². The zero-order valence-corrected chi connectivity index (χ0v) is 19.3. The van der Waals surface area contributed by atoms with Gasteiger partial charge in [0.15, 0.2) is 0 Å². The topological polar surface area (TPSA) is 49.4 Å². The smallest absolute Gasteiger partial charge is 0.260 e. The first-order valence-electron chi connectivity index (χ1n) is 11.7. The second kappa shape index (κ2) is 9.14. The third kappa shape index (κ3) is 4.78. The summed E-state index contributed by atoms with van der Waals surface area (Å²) in [4.78, 5) is 29.3. The van der Waals surface area contributed by atoms with Crippen molar-refractivity contribution < 1.29 is 9.59 Å². The monoisotopic (exact) mass is 446 g/mol. The first-order valence-corrected chi connectivity index (χ1v) is 12.5. The van der Waals surface area contributed by atoms with Crippen LogP contribution in [0.15, 0.2) is 59.5 Å². The largest absolute Gasteiger partial charge is 0.353 e. The number of aryl methyl sites for hydroxylation is 1. The molecule has 5 rings (SSSR count). The minimum absolute atomic E-state index is 0.00455. The van der Waals surface area contributed by atoms with Gasteiger partial charge in [-0.2, -0.15) is 0 Å². The van der Waals surface area contributed by atoms with Gasteiger partial charge in [-0.05, 0) is 56.2 Å². The molecule has 5 heteroatoms. The van der Waals surface area contributed by atoms with E-state index in [1.807, 2.05) is 41.3 Å². The van der Waals surface area contributed by atoms with Gasteiger partial charge in [0.2, 0.25) is 5.91 Å². The van der Waals surface area contributed by atoms with Crippen LogP contribution in [-0.4, -0.2) is 34.0 Å². The van der Waals surface area contributed by atoms with Crippen molar-refractivity contribution in [3.63, 3.8) is 0 Å². The van der Waals surface area contributed by atoms with Crippen LogP contribution >= 0.6 is 11.8 Å². The minimum atomic E-state index is 0.00455. The summed E-state index contributed by atoms with van der Waals surface area (Å²) in [5.41, 5.74) is 3.39. The van der Waals surface area contributed by atoms with E-state index < -0.39 is 0 Å². The first kappa shape index (κ1) is 21.3. The highest BCUT2D eigenvalue weighted by Gasteiger charge is 2.44. The molecule has 2 amide bonds. The molecule has 0 spiro atoms. The van der Waals surface area contributed by atoms with Gasteiger partial charge in [0.1, 0.15) is 0 Å². The first-order chi connectivity index (χ1) is 15.6. The van der Waals surface area contributed by atoms with E-state index in [9.17, 15) is 9.59 Å². The summed E-state index contributed by atoms with van der Waals surface area (Å²) >= 11 is 1.71. The number of fused-ring (bicyclic) bond motifs is 1. The summed E-state index contributed by atoms with van der Waals surface area (Å²) in [6, 6.07) is 18.9. The standard InChI is InChI=1S/C27H30N2O2S/c1-18-6-5-9-20(14-18)17-29-23-16-21(26(30)28-22-11-12-22)10-13-24(23)32-25(27(29)31)15-19-7-3-2-4-8-19/h2-9,14-15,21-24H,10-13,16-17H2,1H3,(H,28,30)/b25-15-. The van der Waals surface area contributed by atoms with E-state index in [0.29, 0.717) is 17.8 Å². The predicted molar refractivity (Wildman–Crippen MR) is 130 cm³/mol. The molecule has 1 N–H and O–H groups in total. The second-order valence-electron chi connectivity index (χ2n) is 9.36. The van der Waals surface area contributed by atoms with E-state index in [-0.39, 0.29) is 23.8 Å². The molecule has 3 unspecified atom stereocenters. The van der Waals surface area contributed by atoms with Gasteiger partial charge in [-0.1, -0.05) is 60.2 Å². The molecule has 3 aliphatic rings. The van der Waals surface area contributed by atoms with E-state index in [2.05, 4.69) is 36.5 Å². The lowest BCUT2D eigenvalue weighted by Gasteiger charge is -2.46. The van der Waals surface area contributed by atoms with Gasteiger partial charge in [-0.25, -0.2) is 0 Å². The Labute approximate surface area is 194 Å². The molecule has 1 aliphatic heterocycles. The number of nitrogens with zero attached hydrogens (tertiary/aromatic N) is 1. The number of hydrogen-bond acceptors (Lipinski definition) is 3. The average Bonchev–Trinajstić information content (AvgIpc) is 3.61. The molecule has 3 atom stereocenters. The number of rotatable bonds is 5. The van der Waals surface area contributed by atoms with Crippen molar-refractivity contribution in [3.8, 4) is 0 Å². The Morgan fingerprint density at radius 1 is 1.09 bits per heavy atom. The summed E-state index contributed by atoms with van der Waals surface area (Å²) in [6.07, 6.45) is 6.85. The van der Waals surface area contributed by atoms with Gasteiger partial charge in [0.25, 0.3) is 5.91 Å². The molecular weight excluding hydrogens is 416 g/mol. The van der Waals surface area contributed by atoms with Crippen molar-refractivity contribution >= 4 is 29.7 Å². The molecule has 0 aromatic heterocycles. The zero-order valence-electron chi connectivity index (χ0n) is 18.5. The van der Waals surface area contributed by atoms with E-state index in [1.54, 1.807) is 11.8 Å². The molecule has 2 aromatic rings. The molecule has 4 nitrogen and oxygen atoms in total. The van der Waals surface area contributed by atoms with Crippen molar-refractivity contribution in [2.75, 3.05) is 0 Å². The maximum absolute atomic E-state index is 13.7. The third-order valence-electron chi connectivity index (χ3n) is 6.73. The van der Waals surface area contributed by atoms with E-state index in [0.717, 1.165) is 48.1 Å². The van der Waals surface area contributed by atoms with Gasteiger partial charge < -0.3 is 10.2 Å². The second-order valence-corrected chi connectivity index (χ2v) is 10.6. The van der Waals surface area contributed by atoms with Crippen molar-refractivity contribution in [3.05, 3.63) is 76.2 Å². The molecule has 1 heterocycles. The van der Waals surface area contributed by atoms with Crippen molar-refractivity contribution in [2.24, 2.45) is 5.92 Å². The van der Waals surface area contributed by atoms with Crippen LogP contribution in [0.5, 0.6) is 0 Å². The maximum Gasteiger partial charge on any atom is 0.260 e. The van der Waals surface area contributed by atoms with Crippen LogP contribution in [0.25, 0.3) is 6.08 Å². The Bertz CT molecular complexity index is 1030. The molecule has 2 aliphatic carbocycles. The van der Waals surface area contributed by atoms with Crippen LogP contribution in [0.1, 0.15) is 48.8 Å². The molecule has 166 valence electrons. The fourth-order valence-corrected chi connectivity index (χ4v) is 6.28. The Hall–Kier alpha value is -2.53. The van der Waals surface area contributed by atoms with E-state index >= 15 is 0 Å². The summed E-state index contributed by atoms with van der Waals surface area (Å²) in [6.45, 7) is 2.67. The highest BCUT2D eigenvalue weighted by atomic mass is 32.2. The number of benzene rings is 2. The van der Waals surface area contributed by atoms with Gasteiger partial charge >= 0.3 is 0 Å². The summed E-state index contributed by atoms with van der Waals surface area (Å²) < 4.78 is 0. The Morgan fingerprint density at radius 3 is 2.66 bits per heavy atom. The molecule has 32 heavy (non-hydrogen) atoms. The molecular formula is C27H30N2O2S. The molecule has 0 radical (unpaired) electrons. The fraction of sp³-hybridized carbons (Fsp3) is 0.407. The molecule has 2 aromatic carbocycles. The van der Waals surface area contributed by atoms with Gasteiger partial charge in [-0.3, -0.25) is 9.59 Å². The SMILES string of the molecule is Cc1cccc(CN2C(=O)/C(=C/c3ccccc3)SC3CCC(C(=O)NC4CC4)CC32)c1. The average molecular weight is 447 g/mol. The lowest BCUT2D eigenvalue weighted by atomic mass is 9.83. The van der Waals surface area contributed by atoms with Crippen molar-refractivity contribution in [1.82, 2.24) is 10.2 Å². The highest BCUT2D eigenvalue weighted by Crippen LogP contribution is 2.44. The molecule has 0 bridgehead atoms. The maximum atomic E-state index is 13.7. The minimum Gasteiger partial charge on any atom is -0.353 e. The molecule has 1 saturated heterocycles. The number of nitrogens with one attached hydrogen (secondary N) is 1. The van der Waals surface area contributed by atoms with Crippen molar-refractivity contribution in [2.45, 2.75) is 62.9 Å². The fourth-order valence-electron chi connectivity index (χ4n) is 4.87. The van der Waals surface area contributed by atoms with Gasteiger partial charge in [0, 0.05) is 29.8 Å². The summed E-state index contributed by atoms with van der Waals surface area (Å²) in [5, 5.41) is 3.51. The lowest BCUT2D eigenvalue weighted by molar-refractivity contribution is -0.133. The van der Waals surface area contributed by atoms with Crippen LogP contribution in [0.2, 0.25) is 0 Å². The highest BCUT2D eigenvalue weighted by molar-refractivity contribution is 8.04. The zero-order chi connectivity index (χ0) is 22.1. The number of thioether (sulfide) groups is 1. The van der Waals surface area contributed by atoms with Gasteiger partial charge in [0.05, 0.1) is 4.91 Å². The lowest BCUT2D eigenvalue weighted by Crippen LogP contribution is -2.53. The Kier molecular flexibility index (Phi) is 6.09. The summed E-state index contributed by atoms with van der Waals surface area (Å²) in [5.74, 6) is 0.277. The predicted octanol–water partition coefficient (Wildman–Crippen LogP) is 4.93. The van der Waals surface area contributed by atoms with Crippen LogP contribution in [0.4, 0.5) is 0 Å². The number of hydrogen-bond donors (Lipinski definition) is 1. The van der Waals surface area contributed by atoms with Crippen LogP contribution in [0, 0.1) is 12.8 Å². The number of carbonyl (C=O) groups excluding carboxylic acids is 2. The van der Waals surface area contributed by atoms with E-state index in [4.69, 9.17) is 0 Å². The molecule has 2 saturated carbocycles. The summed E-state index contributed by atoms with van der Waals surface area (Å²) in [7, 11) is 0. The van der Waals surface area contributed by atoms with Crippen molar-refractivity contribution in [1.29, 1.82) is 0 Å². The van der Waals surface area contributed by atoms with Crippen LogP contribution < -0.4 is 5.32 Å².